The van der Waals surface area contributed by atoms with E-state index in [1.807, 2.05) is 23.9 Å². The molecule has 0 heterocycles. The van der Waals surface area contributed by atoms with Gasteiger partial charge >= 0.3 is 0 Å². The van der Waals surface area contributed by atoms with Crippen LogP contribution in [0.1, 0.15) is 33.6 Å². The van der Waals surface area contributed by atoms with Gasteiger partial charge in [0.05, 0.1) is 0 Å². The average Bonchev–Trinajstić information content (AvgIpc) is 2.24. The van der Waals surface area contributed by atoms with Crippen molar-refractivity contribution in [3.8, 4) is 0 Å². The lowest BCUT2D eigenvalue weighted by atomic mass is 9.62. The Morgan fingerprint density at radius 3 is 2.28 bits per heavy atom. The van der Waals surface area contributed by atoms with Gasteiger partial charge in [-0.05, 0) is 48.4 Å². The normalized spacial score (nSPS) is 27.9. The summed E-state index contributed by atoms with van der Waals surface area (Å²) < 4.78 is 13.0. The molecular formula is C15H22FNS. The van der Waals surface area contributed by atoms with E-state index in [2.05, 4.69) is 20.8 Å². The van der Waals surface area contributed by atoms with Crippen molar-refractivity contribution in [1.29, 1.82) is 0 Å². The van der Waals surface area contributed by atoms with Crippen molar-refractivity contribution in [3.63, 3.8) is 0 Å². The van der Waals surface area contributed by atoms with E-state index in [4.69, 9.17) is 5.73 Å². The fourth-order valence-corrected chi connectivity index (χ4v) is 3.92. The highest BCUT2D eigenvalue weighted by atomic mass is 32.2. The van der Waals surface area contributed by atoms with Crippen LogP contribution in [-0.2, 0) is 0 Å². The maximum Gasteiger partial charge on any atom is 0.123 e. The molecule has 1 aliphatic carbocycles. The van der Waals surface area contributed by atoms with Crippen LogP contribution in [0.25, 0.3) is 0 Å². The molecule has 100 valence electrons. The third kappa shape index (κ3) is 2.89. The van der Waals surface area contributed by atoms with Crippen molar-refractivity contribution in [3.05, 3.63) is 30.1 Å². The van der Waals surface area contributed by atoms with Crippen LogP contribution in [0.15, 0.2) is 29.2 Å². The summed E-state index contributed by atoms with van der Waals surface area (Å²) in [5.41, 5.74) is 6.32. The Balaban J connectivity index is 2.02. The predicted molar refractivity (Wildman–Crippen MR) is 76.2 cm³/mol. The second-order valence-corrected chi connectivity index (χ2v) is 7.96. The van der Waals surface area contributed by atoms with Gasteiger partial charge in [-0.3, -0.25) is 0 Å². The lowest BCUT2D eigenvalue weighted by molar-refractivity contribution is 0.102. The maximum atomic E-state index is 12.9. The third-order valence-corrected chi connectivity index (χ3v) is 5.42. The second-order valence-electron chi connectivity index (χ2n) is 6.41. The summed E-state index contributed by atoms with van der Waals surface area (Å²) in [6.07, 6.45) is 2.32. The van der Waals surface area contributed by atoms with E-state index in [1.54, 1.807) is 0 Å². The quantitative estimate of drug-likeness (QED) is 0.893. The molecule has 2 N–H and O–H groups in total. The van der Waals surface area contributed by atoms with Gasteiger partial charge in [0.15, 0.2) is 0 Å². The topological polar surface area (TPSA) is 26.0 Å². The number of nitrogens with two attached hydrogens (primary N) is 1. The van der Waals surface area contributed by atoms with Gasteiger partial charge in [-0.1, -0.05) is 20.8 Å². The highest BCUT2D eigenvalue weighted by Crippen LogP contribution is 2.55. The van der Waals surface area contributed by atoms with Crippen LogP contribution in [0.2, 0.25) is 0 Å². The van der Waals surface area contributed by atoms with Crippen LogP contribution in [0, 0.1) is 17.2 Å². The van der Waals surface area contributed by atoms with Crippen molar-refractivity contribution in [2.75, 3.05) is 6.54 Å². The Morgan fingerprint density at radius 1 is 1.28 bits per heavy atom. The molecule has 3 heteroatoms. The van der Waals surface area contributed by atoms with Crippen LogP contribution in [0.5, 0.6) is 0 Å². The van der Waals surface area contributed by atoms with Gasteiger partial charge < -0.3 is 5.73 Å². The average molecular weight is 267 g/mol. The minimum atomic E-state index is -0.178. The monoisotopic (exact) mass is 267 g/mol. The summed E-state index contributed by atoms with van der Waals surface area (Å²) in [6, 6.07) is 6.74. The zero-order valence-corrected chi connectivity index (χ0v) is 12.2. The van der Waals surface area contributed by atoms with Crippen LogP contribution in [-0.4, -0.2) is 11.3 Å². The minimum absolute atomic E-state index is 0.162. The fraction of sp³-hybridized carbons (Fsp3) is 0.600. The van der Waals surface area contributed by atoms with Gasteiger partial charge in [-0.15, -0.1) is 11.8 Å². The molecule has 0 amide bonds. The number of rotatable bonds is 3. The molecule has 1 aliphatic rings. The first-order chi connectivity index (χ1) is 8.35. The molecule has 1 saturated carbocycles. The van der Waals surface area contributed by atoms with Gasteiger partial charge in [-0.2, -0.15) is 0 Å². The number of benzene rings is 1. The van der Waals surface area contributed by atoms with Gasteiger partial charge in [0.25, 0.3) is 0 Å². The lowest BCUT2D eigenvalue weighted by Crippen LogP contribution is -2.50. The van der Waals surface area contributed by atoms with Crippen molar-refractivity contribution in [1.82, 2.24) is 0 Å². The summed E-state index contributed by atoms with van der Waals surface area (Å²) in [7, 11) is 0. The Hall–Kier alpha value is -0.540. The number of thioether (sulfide) groups is 1. The molecule has 0 radical (unpaired) electrons. The largest absolute Gasteiger partial charge is 0.329 e. The molecule has 0 aromatic heterocycles. The molecule has 18 heavy (non-hydrogen) atoms. The van der Waals surface area contributed by atoms with Crippen LogP contribution in [0.3, 0.4) is 0 Å². The number of halogens is 1. The molecule has 1 nitrogen and oxygen atoms in total. The summed E-state index contributed by atoms with van der Waals surface area (Å²) in [4.78, 5) is 1.12. The summed E-state index contributed by atoms with van der Waals surface area (Å²) in [5.74, 6) is 0.566. The molecule has 0 saturated heterocycles. The SMILES string of the molecule is CC(C)(C)C1CC(CN)(Sc2ccc(F)cc2)C1. The second kappa shape index (κ2) is 4.86. The van der Waals surface area contributed by atoms with Crippen molar-refractivity contribution in [2.24, 2.45) is 17.1 Å². The fourth-order valence-electron chi connectivity index (χ4n) is 2.49. The molecule has 1 aromatic carbocycles. The first kappa shape index (κ1) is 13.9. The molecule has 0 spiro atoms. The van der Waals surface area contributed by atoms with E-state index in [0.29, 0.717) is 12.0 Å². The van der Waals surface area contributed by atoms with E-state index in [9.17, 15) is 4.39 Å². The zero-order valence-electron chi connectivity index (χ0n) is 11.4. The first-order valence-corrected chi connectivity index (χ1v) is 7.31. The van der Waals surface area contributed by atoms with Gasteiger partial charge in [0.1, 0.15) is 5.82 Å². The molecular weight excluding hydrogens is 245 g/mol. The summed E-state index contributed by atoms with van der Waals surface area (Å²) in [6.45, 7) is 7.57. The van der Waals surface area contributed by atoms with E-state index >= 15 is 0 Å². The Bertz CT molecular complexity index is 401. The predicted octanol–water partition coefficient (Wildman–Crippen LogP) is 4.07. The van der Waals surface area contributed by atoms with Crippen LogP contribution < -0.4 is 5.73 Å². The molecule has 0 unspecified atom stereocenters. The van der Waals surface area contributed by atoms with Gasteiger partial charge in [0.2, 0.25) is 0 Å². The molecule has 0 bridgehead atoms. The summed E-state index contributed by atoms with van der Waals surface area (Å²) in [5, 5.41) is 0. The molecule has 0 aliphatic heterocycles. The number of hydrogen-bond donors (Lipinski definition) is 1. The Kier molecular flexibility index (Phi) is 3.75. The van der Waals surface area contributed by atoms with Gasteiger partial charge in [0, 0.05) is 16.2 Å². The van der Waals surface area contributed by atoms with Crippen LogP contribution >= 0.6 is 11.8 Å². The number of hydrogen-bond acceptors (Lipinski definition) is 2. The summed E-state index contributed by atoms with van der Waals surface area (Å²) >= 11 is 1.81. The molecule has 2 rings (SSSR count). The van der Waals surface area contributed by atoms with E-state index in [0.717, 1.165) is 23.7 Å². The minimum Gasteiger partial charge on any atom is -0.329 e. The van der Waals surface area contributed by atoms with E-state index in [-0.39, 0.29) is 10.6 Å². The standard InChI is InChI=1S/C15H22FNS/c1-14(2,3)11-8-15(9-11,10-17)18-13-6-4-12(16)5-7-13/h4-7,11H,8-10,17H2,1-3H3. The highest BCUT2D eigenvalue weighted by Gasteiger charge is 2.48. The van der Waals surface area contributed by atoms with E-state index in [1.165, 1.54) is 12.1 Å². The maximum absolute atomic E-state index is 12.9. The molecule has 1 fully saturated rings. The third-order valence-electron chi connectivity index (χ3n) is 3.98. The smallest absolute Gasteiger partial charge is 0.123 e. The Labute approximate surface area is 113 Å². The molecule has 1 aromatic rings. The van der Waals surface area contributed by atoms with Gasteiger partial charge in [-0.25, -0.2) is 4.39 Å². The zero-order chi connectivity index (χ0) is 13.4. The van der Waals surface area contributed by atoms with Crippen molar-refractivity contribution >= 4 is 11.8 Å². The Morgan fingerprint density at radius 2 is 1.83 bits per heavy atom. The lowest BCUT2D eigenvalue weighted by Gasteiger charge is -2.52. The van der Waals surface area contributed by atoms with E-state index < -0.39 is 0 Å². The molecule has 0 atom stereocenters. The highest BCUT2D eigenvalue weighted by molar-refractivity contribution is 8.00. The van der Waals surface area contributed by atoms with Crippen LogP contribution in [0.4, 0.5) is 4.39 Å². The van der Waals surface area contributed by atoms with Crippen molar-refractivity contribution in [2.45, 2.75) is 43.3 Å². The first-order valence-electron chi connectivity index (χ1n) is 6.49. The van der Waals surface area contributed by atoms with Crippen molar-refractivity contribution < 1.29 is 4.39 Å².